The van der Waals surface area contributed by atoms with E-state index >= 15 is 0 Å². The normalized spacial score (nSPS) is 10.8. The Morgan fingerprint density at radius 3 is 2.92 bits per heavy atom. The minimum atomic E-state index is -0.278. The van der Waals surface area contributed by atoms with Crippen LogP contribution >= 0.6 is 23.2 Å². The van der Waals surface area contributed by atoms with E-state index in [0.717, 1.165) is 5.56 Å². The molecule has 0 aromatic carbocycles. The molecule has 0 radical (unpaired) electrons. The molecule has 1 N–H and O–H groups in total. The number of halogens is 2. The smallest absolute Gasteiger partial charge is 0.266 e. The van der Waals surface area contributed by atoms with Gasteiger partial charge in [0, 0.05) is 12.1 Å². The van der Waals surface area contributed by atoms with Crippen molar-refractivity contribution in [3.63, 3.8) is 0 Å². The number of rotatable bonds is 2. The van der Waals surface area contributed by atoms with Crippen molar-refractivity contribution in [1.82, 2.24) is 4.98 Å². The summed E-state index contributed by atoms with van der Waals surface area (Å²) in [4.78, 5) is 13.3. The van der Waals surface area contributed by atoms with Crippen LogP contribution in [0.5, 0.6) is 0 Å². The maximum Gasteiger partial charge on any atom is 0.266 e. The van der Waals surface area contributed by atoms with Gasteiger partial charge in [-0.1, -0.05) is 23.8 Å². The van der Waals surface area contributed by atoms with Crippen LogP contribution in [0.15, 0.2) is 23.1 Å². The van der Waals surface area contributed by atoms with Gasteiger partial charge in [0.05, 0.1) is 0 Å². The zero-order chi connectivity index (χ0) is 8.97. The standard InChI is InChI=1S/C8H7Cl2NO/c9-3-1-2-6-4-7(10)8(12)11-5-6/h1-2,4-5H,3H2,(H,11,12). The molecule has 0 saturated carbocycles. The maximum absolute atomic E-state index is 10.8. The number of nitrogens with one attached hydrogen (secondary N) is 1. The summed E-state index contributed by atoms with van der Waals surface area (Å²) >= 11 is 11.0. The third-order valence-electron chi connectivity index (χ3n) is 1.28. The van der Waals surface area contributed by atoms with Gasteiger partial charge in [0.1, 0.15) is 5.02 Å². The van der Waals surface area contributed by atoms with Crippen molar-refractivity contribution in [2.75, 3.05) is 5.88 Å². The minimum Gasteiger partial charge on any atom is -0.327 e. The highest BCUT2D eigenvalue weighted by Crippen LogP contribution is 2.05. The van der Waals surface area contributed by atoms with E-state index in [9.17, 15) is 4.79 Å². The zero-order valence-electron chi connectivity index (χ0n) is 6.18. The summed E-state index contributed by atoms with van der Waals surface area (Å²) in [6.45, 7) is 0. The van der Waals surface area contributed by atoms with Crippen molar-refractivity contribution >= 4 is 29.3 Å². The van der Waals surface area contributed by atoms with Crippen molar-refractivity contribution in [2.24, 2.45) is 0 Å². The first-order valence-electron chi connectivity index (χ1n) is 3.35. The second-order valence-corrected chi connectivity index (χ2v) is 2.88. The third-order valence-corrected chi connectivity index (χ3v) is 1.74. The molecular weight excluding hydrogens is 197 g/mol. The molecule has 1 aromatic rings. The lowest BCUT2D eigenvalue weighted by molar-refractivity contribution is 1.23. The van der Waals surface area contributed by atoms with E-state index < -0.39 is 0 Å². The molecule has 0 amide bonds. The molecule has 1 rings (SSSR count). The fraction of sp³-hybridized carbons (Fsp3) is 0.125. The van der Waals surface area contributed by atoms with Crippen LogP contribution < -0.4 is 5.56 Å². The SMILES string of the molecule is O=c1[nH]cc(C=CCCl)cc1Cl. The van der Waals surface area contributed by atoms with Gasteiger partial charge in [-0.25, -0.2) is 0 Å². The van der Waals surface area contributed by atoms with Crippen molar-refractivity contribution < 1.29 is 0 Å². The van der Waals surface area contributed by atoms with E-state index in [1.54, 1.807) is 24.4 Å². The van der Waals surface area contributed by atoms with Crippen LogP contribution in [0.4, 0.5) is 0 Å². The second-order valence-electron chi connectivity index (χ2n) is 2.17. The second kappa shape index (κ2) is 4.33. The summed E-state index contributed by atoms with van der Waals surface area (Å²) in [6.07, 6.45) is 5.14. The Morgan fingerprint density at radius 1 is 1.58 bits per heavy atom. The number of hydrogen-bond donors (Lipinski definition) is 1. The molecule has 64 valence electrons. The van der Waals surface area contributed by atoms with E-state index in [1.165, 1.54) is 0 Å². The Kier molecular flexibility index (Phi) is 3.38. The Bertz CT molecular complexity index is 343. The van der Waals surface area contributed by atoms with Crippen molar-refractivity contribution in [1.29, 1.82) is 0 Å². The summed E-state index contributed by atoms with van der Waals surface area (Å²) in [5.41, 5.74) is 0.556. The van der Waals surface area contributed by atoms with Crippen LogP contribution in [0.2, 0.25) is 5.02 Å². The average molecular weight is 204 g/mol. The van der Waals surface area contributed by atoms with E-state index in [-0.39, 0.29) is 10.6 Å². The molecule has 0 aliphatic rings. The number of H-pyrrole nitrogens is 1. The zero-order valence-corrected chi connectivity index (χ0v) is 7.69. The molecule has 2 nitrogen and oxygen atoms in total. The molecule has 1 heterocycles. The third kappa shape index (κ3) is 2.40. The molecule has 0 bridgehead atoms. The van der Waals surface area contributed by atoms with Gasteiger partial charge in [-0.2, -0.15) is 0 Å². The van der Waals surface area contributed by atoms with Gasteiger partial charge in [-0.15, -0.1) is 11.6 Å². The number of hydrogen-bond acceptors (Lipinski definition) is 1. The van der Waals surface area contributed by atoms with E-state index in [2.05, 4.69) is 4.98 Å². The van der Waals surface area contributed by atoms with Gasteiger partial charge in [0.2, 0.25) is 0 Å². The first kappa shape index (κ1) is 9.36. The topological polar surface area (TPSA) is 32.9 Å². The lowest BCUT2D eigenvalue weighted by atomic mass is 10.3. The van der Waals surface area contributed by atoms with Crippen molar-refractivity contribution in [3.8, 4) is 0 Å². The van der Waals surface area contributed by atoms with Gasteiger partial charge in [-0.05, 0) is 11.6 Å². The molecule has 0 unspecified atom stereocenters. The molecule has 0 fully saturated rings. The summed E-state index contributed by atoms with van der Waals surface area (Å²) < 4.78 is 0. The highest BCUT2D eigenvalue weighted by atomic mass is 35.5. The molecule has 0 atom stereocenters. The molecule has 12 heavy (non-hydrogen) atoms. The van der Waals surface area contributed by atoms with E-state index in [1.807, 2.05) is 0 Å². The molecule has 4 heteroatoms. The van der Waals surface area contributed by atoms with Gasteiger partial charge >= 0.3 is 0 Å². The Morgan fingerprint density at radius 2 is 2.33 bits per heavy atom. The summed E-state index contributed by atoms with van der Waals surface area (Å²) in [5, 5.41) is 0.187. The maximum atomic E-state index is 10.8. The Balaban J connectivity index is 2.97. The number of alkyl halides is 1. The van der Waals surface area contributed by atoms with Gasteiger partial charge in [0.15, 0.2) is 0 Å². The fourth-order valence-corrected chi connectivity index (χ4v) is 1.02. The lowest BCUT2D eigenvalue weighted by Gasteiger charge is -1.92. The Hall–Kier alpha value is -0.730. The van der Waals surface area contributed by atoms with Gasteiger partial charge in [0.25, 0.3) is 5.56 Å². The predicted octanol–water partition coefficient (Wildman–Crippen LogP) is 2.28. The van der Waals surface area contributed by atoms with Gasteiger partial charge < -0.3 is 4.98 Å². The van der Waals surface area contributed by atoms with Crippen molar-refractivity contribution in [3.05, 3.63) is 39.3 Å². The van der Waals surface area contributed by atoms with Crippen LogP contribution in [0.3, 0.4) is 0 Å². The van der Waals surface area contributed by atoms with Crippen LogP contribution in [0.25, 0.3) is 6.08 Å². The molecule has 0 spiro atoms. The summed E-state index contributed by atoms with van der Waals surface area (Å²) in [7, 11) is 0. The van der Waals surface area contributed by atoms with Crippen LogP contribution in [-0.4, -0.2) is 10.9 Å². The fourth-order valence-electron chi connectivity index (χ4n) is 0.748. The van der Waals surface area contributed by atoms with Crippen LogP contribution in [-0.2, 0) is 0 Å². The first-order valence-corrected chi connectivity index (χ1v) is 4.26. The van der Waals surface area contributed by atoms with E-state index in [4.69, 9.17) is 23.2 Å². The minimum absolute atomic E-state index is 0.187. The number of aromatic amines is 1. The van der Waals surface area contributed by atoms with Crippen molar-refractivity contribution in [2.45, 2.75) is 0 Å². The summed E-state index contributed by atoms with van der Waals surface area (Å²) in [5.74, 6) is 0.441. The molecular formula is C8H7Cl2NO. The number of pyridine rings is 1. The molecule has 1 aromatic heterocycles. The quantitative estimate of drug-likeness (QED) is 0.736. The van der Waals surface area contributed by atoms with Crippen LogP contribution in [0, 0.1) is 0 Å². The number of allylic oxidation sites excluding steroid dienone is 1. The highest BCUT2D eigenvalue weighted by molar-refractivity contribution is 6.30. The largest absolute Gasteiger partial charge is 0.327 e. The predicted molar refractivity (Wildman–Crippen MR) is 51.8 cm³/mol. The lowest BCUT2D eigenvalue weighted by Crippen LogP contribution is -2.04. The van der Waals surface area contributed by atoms with Crippen LogP contribution in [0.1, 0.15) is 5.56 Å². The molecule has 0 saturated heterocycles. The number of aromatic nitrogens is 1. The molecule has 0 aliphatic heterocycles. The Labute approximate surface area is 79.8 Å². The average Bonchev–Trinajstić information content (AvgIpc) is 2.07. The van der Waals surface area contributed by atoms with Gasteiger partial charge in [-0.3, -0.25) is 4.79 Å². The molecule has 0 aliphatic carbocycles. The first-order chi connectivity index (χ1) is 5.74. The summed E-state index contributed by atoms with van der Waals surface area (Å²) in [6, 6.07) is 1.59. The highest BCUT2D eigenvalue weighted by Gasteiger charge is 1.94. The monoisotopic (exact) mass is 203 g/mol. The van der Waals surface area contributed by atoms with E-state index in [0.29, 0.717) is 5.88 Å².